The molecule has 0 fully saturated rings. The molecule has 1 aliphatic heterocycles. The van der Waals surface area contributed by atoms with Crippen LogP contribution in [0.15, 0.2) is 78.1 Å². The normalized spacial score (nSPS) is 21.3. The minimum absolute atomic E-state index is 0.0324. The number of aliphatic hydroxyl groups excluding tert-OH is 1. The Labute approximate surface area is 150 Å². The van der Waals surface area contributed by atoms with Crippen LogP contribution in [0.3, 0.4) is 0 Å². The number of hydrogen-bond acceptors (Lipinski definition) is 4. The average Bonchev–Trinajstić information content (AvgIpc) is 3.24. The highest BCUT2D eigenvalue weighted by atomic mass is 16.5. The fourth-order valence-electron chi connectivity index (χ4n) is 3.27. The van der Waals surface area contributed by atoms with Gasteiger partial charge in [-0.05, 0) is 22.8 Å². The van der Waals surface area contributed by atoms with E-state index in [9.17, 15) is 14.7 Å². The van der Waals surface area contributed by atoms with Gasteiger partial charge >= 0.3 is 5.97 Å². The van der Waals surface area contributed by atoms with Crippen molar-refractivity contribution in [1.82, 2.24) is 0 Å². The van der Waals surface area contributed by atoms with E-state index >= 15 is 0 Å². The number of benzene rings is 2. The van der Waals surface area contributed by atoms with Gasteiger partial charge in [0.25, 0.3) is 0 Å². The van der Waals surface area contributed by atoms with Crippen molar-refractivity contribution in [3.05, 3.63) is 94.8 Å². The molecule has 0 aromatic heterocycles. The molecule has 2 aliphatic rings. The monoisotopic (exact) mass is 344 g/mol. The SMILES string of the molecule is O=C(C1=COC(=O)C1O)C(=Cc1ccccc1)C1C=Cc2ccccc21. The summed E-state index contributed by atoms with van der Waals surface area (Å²) in [5, 5.41) is 9.97. The third-order valence-corrected chi connectivity index (χ3v) is 4.60. The summed E-state index contributed by atoms with van der Waals surface area (Å²) in [6.07, 6.45) is 5.26. The van der Waals surface area contributed by atoms with Gasteiger partial charge in [0.05, 0.1) is 5.57 Å². The van der Waals surface area contributed by atoms with Gasteiger partial charge in [-0.1, -0.05) is 66.7 Å². The Balaban J connectivity index is 1.79. The Morgan fingerprint density at radius 1 is 1.04 bits per heavy atom. The van der Waals surface area contributed by atoms with Crippen molar-refractivity contribution in [2.75, 3.05) is 0 Å². The van der Waals surface area contributed by atoms with E-state index in [4.69, 9.17) is 4.74 Å². The lowest BCUT2D eigenvalue weighted by Crippen LogP contribution is -2.24. The van der Waals surface area contributed by atoms with E-state index < -0.39 is 17.9 Å². The smallest absolute Gasteiger partial charge is 0.344 e. The molecular weight excluding hydrogens is 328 g/mol. The molecule has 4 nitrogen and oxygen atoms in total. The van der Waals surface area contributed by atoms with Crippen LogP contribution in [0.1, 0.15) is 22.6 Å². The van der Waals surface area contributed by atoms with E-state index in [1.807, 2.05) is 66.7 Å². The molecule has 2 aromatic carbocycles. The van der Waals surface area contributed by atoms with Gasteiger partial charge in [0.2, 0.25) is 0 Å². The number of rotatable bonds is 4. The van der Waals surface area contributed by atoms with E-state index in [1.165, 1.54) is 0 Å². The summed E-state index contributed by atoms with van der Waals surface area (Å²) in [6, 6.07) is 17.3. The maximum atomic E-state index is 13.1. The van der Waals surface area contributed by atoms with Gasteiger partial charge in [-0.2, -0.15) is 0 Å². The summed E-state index contributed by atoms with van der Waals surface area (Å²) in [4.78, 5) is 24.6. The quantitative estimate of drug-likeness (QED) is 0.683. The van der Waals surface area contributed by atoms with Gasteiger partial charge in [0.15, 0.2) is 11.9 Å². The zero-order valence-electron chi connectivity index (χ0n) is 13.8. The maximum absolute atomic E-state index is 13.1. The fraction of sp³-hybridized carbons (Fsp3) is 0.0909. The summed E-state index contributed by atoms with van der Waals surface area (Å²) < 4.78 is 4.71. The maximum Gasteiger partial charge on any atom is 0.344 e. The fourth-order valence-corrected chi connectivity index (χ4v) is 3.27. The standard InChI is InChI=1S/C22H16O4/c23-20(19-13-26-22(25)21(19)24)18(12-14-6-2-1-3-7-14)17-11-10-15-8-4-5-9-16(15)17/h1-13,17,21,24H. The molecule has 128 valence electrons. The molecule has 1 N–H and O–H groups in total. The van der Waals surface area contributed by atoms with Gasteiger partial charge in [-0.25, -0.2) is 4.79 Å². The Kier molecular flexibility index (Phi) is 4.11. The Bertz CT molecular complexity index is 967. The first-order valence-electron chi connectivity index (χ1n) is 8.32. The van der Waals surface area contributed by atoms with E-state index in [0.717, 1.165) is 23.0 Å². The number of carbonyl (C=O) groups is 2. The van der Waals surface area contributed by atoms with Gasteiger partial charge < -0.3 is 9.84 Å². The summed E-state index contributed by atoms with van der Waals surface area (Å²) in [6.45, 7) is 0. The van der Waals surface area contributed by atoms with E-state index in [0.29, 0.717) is 5.57 Å². The number of cyclic esters (lactones) is 1. The number of Topliss-reactive ketones (excluding diaryl/α,β-unsaturated/α-hetero) is 1. The molecule has 0 saturated heterocycles. The molecule has 4 heteroatoms. The van der Waals surface area contributed by atoms with Crippen molar-refractivity contribution < 1.29 is 19.4 Å². The number of ether oxygens (including phenoxy) is 1. The van der Waals surface area contributed by atoms with E-state index in [2.05, 4.69) is 0 Å². The number of esters is 1. The average molecular weight is 344 g/mol. The molecule has 2 atom stereocenters. The highest BCUT2D eigenvalue weighted by Gasteiger charge is 2.36. The zero-order valence-corrected chi connectivity index (χ0v) is 13.8. The topological polar surface area (TPSA) is 63.6 Å². The lowest BCUT2D eigenvalue weighted by Gasteiger charge is -2.16. The van der Waals surface area contributed by atoms with Gasteiger partial charge in [0, 0.05) is 11.5 Å². The number of ketones is 1. The third-order valence-electron chi connectivity index (χ3n) is 4.60. The Morgan fingerprint density at radius 3 is 2.50 bits per heavy atom. The molecule has 1 heterocycles. The van der Waals surface area contributed by atoms with Crippen LogP contribution in [-0.2, 0) is 14.3 Å². The van der Waals surface area contributed by atoms with Gasteiger partial charge in [0.1, 0.15) is 6.26 Å². The van der Waals surface area contributed by atoms with Gasteiger partial charge in [-0.15, -0.1) is 0 Å². The second kappa shape index (κ2) is 6.58. The van der Waals surface area contributed by atoms with Crippen molar-refractivity contribution in [2.45, 2.75) is 12.0 Å². The molecule has 26 heavy (non-hydrogen) atoms. The predicted octanol–water partition coefficient (Wildman–Crippen LogP) is 3.25. The number of aliphatic hydroxyl groups is 1. The van der Waals surface area contributed by atoms with Crippen molar-refractivity contribution in [2.24, 2.45) is 0 Å². The highest BCUT2D eigenvalue weighted by Crippen LogP contribution is 2.38. The first-order chi connectivity index (χ1) is 12.6. The molecule has 0 saturated carbocycles. The zero-order chi connectivity index (χ0) is 18.1. The van der Waals surface area contributed by atoms with Crippen LogP contribution in [0.4, 0.5) is 0 Å². The molecule has 4 rings (SSSR count). The molecule has 0 spiro atoms. The number of allylic oxidation sites excluding steroid dienone is 2. The largest absolute Gasteiger partial charge is 0.432 e. The Morgan fingerprint density at radius 2 is 1.77 bits per heavy atom. The Hall–Kier alpha value is -3.24. The van der Waals surface area contributed by atoms with Crippen LogP contribution in [0.2, 0.25) is 0 Å². The van der Waals surface area contributed by atoms with E-state index in [1.54, 1.807) is 6.08 Å². The number of fused-ring (bicyclic) bond motifs is 1. The van der Waals surface area contributed by atoms with Crippen molar-refractivity contribution in [1.29, 1.82) is 0 Å². The molecule has 0 bridgehead atoms. The van der Waals surface area contributed by atoms with Crippen LogP contribution < -0.4 is 0 Å². The molecule has 2 unspecified atom stereocenters. The van der Waals surface area contributed by atoms with Crippen LogP contribution in [-0.4, -0.2) is 23.0 Å². The summed E-state index contributed by atoms with van der Waals surface area (Å²) in [5.41, 5.74) is 3.39. The second-order valence-electron chi connectivity index (χ2n) is 6.22. The molecule has 0 radical (unpaired) electrons. The lowest BCUT2D eigenvalue weighted by atomic mass is 9.86. The first kappa shape index (κ1) is 16.2. The first-order valence-corrected chi connectivity index (χ1v) is 8.32. The minimum Gasteiger partial charge on any atom is -0.432 e. The number of carbonyl (C=O) groups excluding carboxylic acids is 2. The van der Waals surface area contributed by atoms with Gasteiger partial charge in [-0.3, -0.25) is 4.79 Å². The van der Waals surface area contributed by atoms with Crippen molar-refractivity contribution >= 4 is 23.9 Å². The summed E-state index contributed by atoms with van der Waals surface area (Å²) in [5.74, 6) is -1.46. The van der Waals surface area contributed by atoms with Crippen LogP contribution in [0, 0.1) is 0 Å². The van der Waals surface area contributed by atoms with E-state index in [-0.39, 0.29) is 11.5 Å². The highest BCUT2D eigenvalue weighted by molar-refractivity contribution is 6.16. The summed E-state index contributed by atoms with van der Waals surface area (Å²) in [7, 11) is 0. The second-order valence-corrected chi connectivity index (χ2v) is 6.22. The number of hydrogen-bond donors (Lipinski definition) is 1. The van der Waals surface area contributed by atoms with Crippen LogP contribution in [0.5, 0.6) is 0 Å². The van der Waals surface area contributed by atoms with Crippen molar-refractivity contribution in [3.63, 3.8) is 0 Å². The lowest BCUT2D eigenvalue weighted by molar-refractivity contribution is -0.143. The minimum atomic E-state index is -1.54. The molecule has 0 amide bonds. The van der Waals surface area contributed by atoms with Crippen LogP contribution in [0.25, 0.3) is 12.2 Å². The van der Waals surface area contributed by atoms with Crippen molar-refractivity contribution in [3.8, 4) is 0 Å². The molecule has 1 aliphatic carbocycles. The summed E-state index contributed by atoms with van der Waals surface area (Å²) >= 11 is 0. The van der Waals surface area contributed by atoms with Crippen LogP contribution >= 0.6 is 0 Å². The molecule has 2 aromatic rings. The third kappa shape index (κ3) is 2.80. The molecular formula is C22H16O4. The predicted molar refractivity (Wildman–Crippen MR) is 97.8 cm³/mol.